The third kappa shape index (κ3) is 14.8. The molecule has 1 aromatic rings. The second kappa shape index (κ2) is 18.5. The third-order valence-electron chi connectivity index (χ3n) is 5.76. The van der Waals surface area contributed by atoms with Crippen LogP contribution in [0.15, 0.2) is 24.5 Å². The summed E-state index contributed by atoms with van der Waals surface area (Å²) in [5.74, 6) is 0. The largest absolute Gasteiger partial charge is 0.205 e. The predicted octanol–water partition coefficient (Wildman–Crippen LogP) is 8.19. The van der Waals surface area contributed by atoms with Gasteiger partial charge in [-0.25, -0.2) is 4.57 Å². The van der Waals surface area contributed by atoms with Crippen molar-refractivity contribution in [3.05, 3.63) is 30.1 Å². The number of hydrogen-bond acceptors (Lipinski definition) is 0. The topological polar surface area (TPSA) is 3.88 Å². The molecule has 0 fully saturated rings. The van der Waals surface area contributed by atoms with E-state index < -0.39 is 0 Å². The monoisotopic (exact) mass is 374 g/mol. The van der Waals surface area contributed by atoms with Crippen LogP contribution in [0.25, 0.3) is 0 Å². The Morgan fingerprint density at radius 1 is 0.593 bits per heavy atom. The Balaban J connectivity index is 2.00. The van der Waals surface area contributed by atoms with Gasteiger partial charge in [0.05, 0.1) is 0 Å². The lowest BCUT2D eigenvalue weighted by molar-refractivity contribution is -0.697. The number of unbranched alkanes of at least 4 members (excludes halogenated alkanes) is 15. The first-order chi connectivity index (χ1) is 13.4. The Bertz CT molecular complexity index is 426. The summed E-state index contributed by atoms with van der Waals surface area (Å²) < 4.78 is 2.42. The summed E-state index contributed by atoms with van der Waals surface area (Å²) in [4.78, 5) is 0. The standard InChI is InChI=1S/C26H48N/c1-3-5-7-9-11-12-13-15-17-19-23-27-24-20-22-26(25-27)21-18-16-14-10-8-6-4-2/h20,22,24-25H,3-19,21,23H2,1-2H3/q+1. The number of aromatic nitrogens is 1. The van der Waals surface area contributed by atoms with E-state index in [9.17, 15) is 0 Å². The number of nitrogens with zero attached hydrogens (tertiary/aromatic N) is 1. The number of aryl methyl sites for hydroxylation is 2. The molecule has 0 saturated heterocycles. The second-order valence-electron chi connectivity index (χ2n) is 8.50. The molecule has 0 aliphatic heterocycles. The molecule has 1 nitrogen and oxygen atoms in total. The molecule has 0 atom stereocenters. The summed E-state index contributed by atoms with van der Waals surface area (Å²) in [5.41, 5.74) is 1.53. The van der Waals surface area contributed by atoms with E-state index in [0.717, 1.165) is 0 Å². The molecule has 1 rings (SSSR count). The molecule has 156 valence electrons. The highest BCUT2D eigenvalue weighted by Crippen LogP contribution is 2.11. The Morgan fingerprint density at radius 2 is 1.07 bits per heavy atom. The molecule has 0 bridgehead atoms. The lowest BCUT2D eigenvalue weighted by atomic mass is 10.1. The highest BCUT2D eigenvalue weighted by Gasteiger charge is 2.03. The van der Waals surface area contributed by atoms with Crippen LogP contribution in [0.2, 0.25) is 0 Å². The maximum absolute atomic E-state index is 2.42. The maximum Gasteiger partial charge on any atom is 0.171 e. The SMILES string of the molecule is CCCCCCCCCCCC[n+]1cccc(CCCCCCCCC)c1. The van der Waals surface area contributed by atoms with Gasteiger partial charge in [-0.3, -0.25) is 0 Å². The maximum atomic E-state index is 2.42. The number of hydrogen-bond donors (Lipinski definition) is 0. The summed E-state index contributed by atoms with van der Waals surface area (Å²) in [7, 11) is 0. The average molecular weight is 375 g/mol. The van der Waals surface area contributed by atoms with E-state index in [4.69, 9.17) is 0 Å². The van der Waals surface area contributed by atoms with Gasteiger partial charge in [-0.2, -0.15) is 0 Å². The molecule has 0 unspecified atom stereocenters. The summed E-state index contributed by atoms with van der Waals surface area (Å²) in [6.45, 7) is 5.78. The van der Waals surface area contributed by atoms with Gasteiger partial charge >= 0.3 is 0 Å². The van der Waals surface area contributed by atoms with Crippen molar-refractivity contribution in [2.75, 3.05) is 0 Å². The average Bonchev–Trinajstić information content (AvgIpc) is 2.69. The zero-order valence-electron chi connectivity index (χ0n) is 18.7. The summed E-state index contributed by atoms with van der Waals surface area (Å²) in [5, 5.41) is 0. The van der Waals surface area contributed by atoms with E-state index in [0.29, 0.717) is 0 Å². The quantitative estimate of drug-likeness (QED) is 0.170. The lowest BCUT2D eigenvalue weighted by Gasteiger charge is -2.03. The molecule has 0 amide bonds. The Labute approximate surface area is 171 Å². The third-order valence-corrected chi connectivity index (χ3v) is 5.76. The molecule has 1 heteroatoms. The first-order valence-electron chi connectivity index (χ1n) is 12.3. The first kappa shape index (κ1) is 24.2. The molecule has 0 aliphatic rings. The van der Waals surface area contributed by atoms with Crippen LogP contribution in [-0.4, -0.2) is 0 Å². The van der Waals surface area contributed by atoms with Crippen LogP contribution in [0, 0.1) is 0 Å². The minimum atomic E-state index is 1.20. The molecule has 1 heterocycles. The van der Waals surface area contributed by atoms with Crippen LogP contribution in [0.3, 0.4) is 0 Å². The van der Waals surface area contributed by atoms with Crippen molar-refractivity contribution in [1.29, 1.82) is 0 Å². The second-order valence-corrected chi connectivity index (χ2v) is 8.50. The van der Waals surface area contributed by atoms with E-state index in [1.54, 1.807) is 0 Å². The molecule has 0 N–H and O–H groups in total. The van der Waals surface area contributed by atoms with Crippen molar-refractivity contribution in [2.45, 2.75) is 136 Å². The van der Waals surface area contributed by atoms with Gasteiger partial charge in [0.25, 0.3) is 0 Å². The normalized spacial score (nSPS) is 11.2. The van der Waals surface area contributed by atoms with E-state index in [-0.39, 0.29) is 0 Å². The minimum absolute atomic E-state index is 1.20. The molecule has 0 aromatic carbocycles. The zero-order chi connectivity index (χ0) is 19.4. The van der Waals surface area contributed by atoms with Gasteiger partial charge in [0, 0.05) is 18.1 Å². The van der Waals surface area contributed by atoms with Gasteiger partial charge < -0.3 is 0 Å². The fourth-order valence-electron chi connectivity index (χ4n) is 3.93. The smallest absolute Gasteiger partial charge is 0.171 e. The molecular weight excluding hydrogens is 326 g/mol. The van der Waals surface area contributed by atoms with Crippen molar-refractivity contribution >= 4 is 0 Å². The Kier molecular flexibility index (Phi) is 16.6. The zero-order valence-corrected chi connectivity index (χ0v) is 18.7. The van der Waals surface area contributed by atoms with Crippen LogP contribution in [0.4, 0.5) is 0 Å². The fraction of sp³-hybridized carbons (Fsp3) is 0.808. The Hall–Kier alpha value is -0.850. The highest BCUT2D eigenvalue weighted by molar-refractivity contribution is 5.05. The van der Waals surface area contributed by atoms with Crippen molar-refractivity contribution in [3.8, 4) is 0 Å². The van der Waals surface area contributed by atoms with Crippen molar-refractivity contribution in [2.24, 2.45) is 0 Å². The number of pyridine rings is 1. The molecule has 0 saturated carbocycles. The first-order valence-corrected chi connectivity index (χ1v) is 12.3. The van der Waals surface area contributed by atoms with E-state index in [1.165, 1.54) is 128 Å². The molecule has 27 heavy (non-hydrogen) atoms. The van der Waals surface area contributed by atoms with Crippen LogP contribution < -0.4 is 4.57 Å². The molecule has 0 aliphatic carbocycles. The predicted molar refractivity (Wildman–Crippen MR) is 120 cm³/mol. The van der Waals surface area contributed by atoms with Gasteiger partial charge in [0.1, 0.15) is 6.54 Å². The van der Waals surface area contributed by atoms with Crippen LogP contribution in [-0.2, 0) is 13.0 Å². The van der Waals surface area contributed by atoms with Gasteiger partial charge in [-0.1, -0.05) is 104 Å². The van der Waals surface area contributed by atoms with Gasteiger partial charge in [-0.05, 0) is 25.3 Å². The molecule has 0 radical (unpaired) electrons. The highest BCUT2D eigenvalue weighted by atomic mass is 14.9. The van der Waals surface area contributed by atoms with E-state index in [1.807, 2.05) is 0 Å². The van der Waals surface area contributed by atoms with E-state index >= 15 is 0 Å². The summed E-state index contributed by atoms with van der Waals surface area (Å²) in [6.07, 6.45) is 29.9. The van der Waals surface area contributed by atoms with Crippen molar-refractivity contribution in [3.63, 3.8) is 0 Å². The molecular formula is C26H48N+. The minimum Gasteiger partial charge on any atom is -0.205 e. The van der Waals surface area contributed by atoms with Crippen LogP contribution in [0.1, 0.15) is 129 Å². The van der Waals surface area contributed by atoms with Crippen molar-refractivity contribution in [1.82, 2.24) is 0 Å². The fourth-order valence-corrected chi connectivity index (χ4v) is 3.93. The van der Waals surface area contributed by atoms with Crippen LogP contribution in [0.5, 0.6) is 0 Å². The van der Waals surface area contributed by atoms with Crippen molar-refractivity contribution < 1.29 is 4.57 Å². The lowest BCUT2D eigenvalue weighted by Crippen LogP contribution is -2.33. The van der Waals surface area contributed by atoms with Gasteiger partial charge in [-0.15, -0.1) is 0 Å². The summed E-state index contributed by atoms with van der Waals surface area (Å²) in [6, 6.07) is 4.55. The molecule has 0 spiro atoms. The van der Waals surface area contributed by atoms with Crippen LogP contribution >= 0.6 is 0 Å². The van der Waals surface area contributed by atoms with E-state index in [2.05, 4.69) is 42.9 Å². The molecule has 1 aromatic heterocycles. The number of rotatable bonds is 19. The van der Waals surface area contributed by atoms with Gasteiger partial charge in [0.15, 0.2) is 12.4 Å². The Morgan fingerprint density at radius 3 is 1.63 bits per heavy atom. The van der Waals surface area contributed by atoms with Gasteiger partial charge in [0.2, 0.25) is 0 Å². The summed E-state index contributed by atoms with van der Waals surface area (Å²) >= 11 is 0.